The zero-order valence-electron chi connectivity index (χ0n) is 22.6. The first-order valence-corrected chi connectivity index (χ1v) is 14.2. The van der Waals surface area contributed by atoms with Gasteiger partial charge in [0.15, 0.2) is 0 Å². The Hall–Kier alpha value is -5.67. The molecular formula is C39H23N3. The monoisotopic (exact) mass is 533 g/mol. The number of hydrogen-bond donors (Lipinski definition) is 0. The van der Waals surface area contributed by atoms with Crippen molar-refractivity contribution in [3.63, 3.8) is 0 Å². The molecule has 0 radical (unpaired) electrons. The zero-order valence-corrected chi connectivity index (χ0v) is 22.6. The maximum Gasteiger partial charge on any atom is 0.0972 e. The van der Waals surface area contributed by atoms with Crippen molar-refractivity contribution < 1.29 is 0 Å². The van der Waals surface area contributed by atoms with Gasteiger partial charge < -0.3 is 0 Å². The van der Waals surface area contributed by atoms with Crippen molar-refractivity contribution in [2.24, 2.45) is 0 Å². The lowest BCUT2D eigenvalue weighted by atomic mass is 9.91. The Morgan fingerprint density at radius 2 is 0.976 bits per heavy atom. The number of nitrogens with zero attached hydrogens (tertiary/aromatic N) is 3. The van der Waals surface area contributed by atoms with Crippen LogP contribution in [0, 0.1) is 0 Å². The molecule has 3 nitrogen and oxygen atoms in total. The van der Waals surface area contributed by atoms with Gasteiger partial charge in [0.05, 0.1) is 22.4 Å². The Bertz CT molecular complexity index is 2430. The third-order valence-corrected chi connectivity index (χ3v) is 8.50. The summed E-state index contributed by atoms with van der Waals surface area (Å²) in [5.41, 5.74) is 8.18. The summed E-state index contributed by atoms with van der Waals surface area (Å²) in [5.74, 6) is 0. The summed E-state index contributed by atoms with van der Waals surface area (Å²) in [6, 6.07) is 45.3. The highest BCUT2D eigenvalue weighted by Gasteiger charge is 2.14. The minimum Gasteiger partial charge on any atom is -0.264 e. The van der Waals surface area contributed by atoms with Gasteiger partial charge >= 0.3 is 0 Å². The second kappa shape index (κ2) is 8.92. The van der Waals surface area contributed by atoms with Gasteiger partial charge in [0.2, 0.25) is 0 Å². The van der Waals surface area contributed by atoms with E-state index in [1.54, 1.807) is 6.20 Å². The van der Waals surface area contributed by atoms with Crippen molar-refractivity contribution in [3.05, 3.63) is 140 Å². The Balaban J connectivity index is 1.21. The highest BCUT2D eigenvalue weighted by Crippen LogP contribution is 2.39. The van der Waals surface area contributed by atoms with Gasteiger partial charge in [0, 0.05) is 34.3 Å². The van der Waals surface area contributed by atoms with Crippen molar-refractivity contribution in [1.29, 1.82) is 0 Å². The molecule has 0 aliphatic carbocycles. The lowest BCUT2D eigenvalue weighted by molar-refractivity contribution is 1.33. The Morgan fingerprint density at radius 1 is 0.381 bits per heavy atom. The van der Waals surface area contributed by atoms with Crippen LogP contribution >= 0.6 is 0 Å². The van der Waals surface area contributed by atoms with Crippen LogP contribution < -0.4 is 0 Å². The molecule has 3 aromatic heterocycles. The first kappa shape index (κ1) is 23.1. The fraction of sp³-hybridized carbons (Fsp3) is 0. The lowest BCUT2D eigenvalue weighted by Gasteiger charge is -2.14. The SMILES string of the molecule is c1cncc(-c2ccc(-c3ccc4ccc5ccc(-c6ccc7ccc8cccc9ccc6c7c89)nc5c4n3)cc2)c1. The second-order valence-electron chi connectivity index (χ2n) is 10.9. The minimum atomic E-state index is 0.917. The number of pyridine rings is 3. The molecule has 9 rings (SSSR count). The van der Waals surface area contributed by atoms with Crippen molar-refractivity contribution in [3.8, 4) is 33.6 Å². The molecule has 3 heteroatoms. The van der Waals surface area contributed by atoms with E-state index in [0.29, 0.717) is 0 Å². The standard InChI is InChI=1S/C39H23N3/c1-3-26-10-11-28-14-18-32(33-19-15-27(4-1)36(26)37(28)33)35-21-17-30-13-12-29-16-20-34(41-38(29)39(30)42-35)25-8-6-24(7-9-25)31-5-2-22-40-23-31/h1-23H. The molecule has 9 aromatic rings. The molecule has 42 heavy (non-hydrogen) atoms. The molecule has 0 amide bonds. The average molecular weight is 534 g/mol. The molecule has 0 unspecified atom stereocenters. The smallest absolute Gasteiger partial charge is 0.0972 e. The summed E-state index contributed by atoms with van der Waals surface area (Å²) in [4.78, 5) is 14.7. The van der Waals surface area contributed by atoms with Gasteiger partial charge in [-0.15, -0.1) is 0 Å². The summed E-state index contributed by atoms with van der Waals surface area (Å²) in [5, 5.41) is 9.81. The number of hydrogen-bond acceptors (Lipinski definition) is 3. The number of fused-ring (bicyclic) bond motifs is 3. The lowest BCUT2D eigenvalue weighted by Crippen LogP contribution is -1.92. The molecular weight excluding hydrogens is 510 g/mol. The fourth-order valence-electron chi connectivity index (χ4n) is 6.40. The van der Waals surface area contributed by atoms with Crippen LogP contribution in [-0.2, 0) is 0 Å². The topological polar surface area (TPSA) is 38.7 Å². The maximum atomic E-state index is 5.28. The van der Waals surface area contributed by atoms with E-state index < -0.39 is 0 Å². The molecule has 0 fully saturated rings. The summed E-state index contributed by atoms with van der Waals surface area (Å²) in [6.45, 7) is 0. The molecule has 0 spiro atoms. The van der Waals surface area contributed by atoms with Gasteiger partial charge in [-0.3, -0.25) is 4.98 Å². The molecule has 3 heterocycles. The summed E-state index contributed by atoms with van der Waals surface area (Å²) in [7, 11) is 0. The molecule has 0 N–H and O–H groups in total. The predicted molar refractivity (Wildman–Crippen MR) is 175 cm³/mol. The van der Waals surface area contributed by atoms with Crippen LogP contribution in [0.1, 0.15) is 0 Å². The second-order valence-corrected chi connectivity index (χ2v) is 10.9. The van der Waals surface area contributed by atoms with Crippen LogP contribution in [0.4, 0.5) is 0 Å². The largest absolute Gasteiger partial charge is 0.264 e. The zero-order chi connectivity index (χ0) is 27.6. The van der Waals surface area contributed by atoms with E-state index in [-0.39, 0.29) is 0 Å². The van der Waals surface area contributed by atoms with Crippen LogP contribution in [-0.4, -0.2) is 15.0 Å². The average Bonchev–Trinajstić information content (AvgIpc) is 3.07. The van der Waals surface area contributed by atoms with Gasteiger partial charge in [-0.2, -0.15) is 0 Å². The first-order chi connectivity index (χ1) is 20.8. The van der Waals surface area contributed by atoms with Gasteiger partial charge in [-0.1, -0.05) is 109 Å². The fourth-order valence-corrected chi connectivity index (χ4v) is 6.40. The van der Waals surface area contributed by atoms with E-state index in [1.165, 1.54) is 32.3 Å². The van der Waals surface area contributed by atoms with Crippen molar-refractivity contribution in [2.75, 3.05) is 0 Å². The molecule has 0 saturated carbocycles. The molecule has 0 aliphatic heterocycles. The van der Waals surface area contributed by atoms with E-state index in [0.717, 1.165) is 55.4 Å². The molecule has 0 saturated heterocycles. The van der Waals surface area contributed by atoms with E-state index in [9.17, 15) is 0 Å². The molecule has 0 atom stereocenters. The van der Waals surface area contributed by atoms with E-state index in [1.807, 2.05) is 12.3 Å². The Kier molecular flexibility index (Phi) is 4.90. The summed E-state index contributed by atoms with van der Waals surface area (Å²) in [6.07, 6.45) is 3.68. The Morgan fingerprint density at radius 3 is 1.71 bits per heavy atom. The van der Waals surface area contributed by atoms with E-state index in [4.69, 9.17) is 9.97 Å². The van der Waals surface area contributed by atoms with Crippen molar-refractivity contribution in [1.82, 2.24) is 15.0 Å². The van der Waals surface area contributed by atoms with Crippen LogP contribution in [0.3, 0.4) is 0 Å². The molecule has 194 valence electrons. The Labute approximate surface area is 242 Å². The normalized spacial score (nSPS) is 11.8. The van der Waals surface area contributed by atoms with Gasteiger partial charge in [-0.05, 0) is 61.6 Å². The van der Waals surface area contributed by atoms with E-state index in [2.05, 4.69) is 126 Å². The highest BCUT2D eigenvalue weighted by molar-refractivity contribution is 6.25. The van der Waals surface area contributed by atoms with Crippen LogP contribution in [0.25, 0.3) is 87.8 Å². The van der Waals surface area contributed by atoms with Gasteiger partial charge in [0.25, 0.3) is 0 Å². The third-order valence-electron chi connectivity index (χ3n) is 8.50. The quantitative estimate of drug-likeness (QED) is 0.212. The minimum absolute atomic E-state index is 0.917. The van der Waals surface area contributed by atoms with Crippen molar-refractivity contribution in [2.45, 2.75) is 0 Å². The van der Waals surface area contributed by atoms with Gasteiger partial charge in [0.1, 0.15) is 0 Å². The maximum absolute atomic E-state index is 5.28. The van der Waals surface area contributed by atoms with Crippen LogP contribution in [0.2, 0.25) is 0 Å². The van der Waals surface area contributed by atoms with E-state index >= 15 is 0 Å². The van der Waals surface area contributed by atoms with Crippen molar-refractivity contribution >= 4 is 54.1 Å². The number of benzene rings is 6. The number of aromatic nitrogens is 3. The van der Waals surface area contributed by atoms with Gasteiger partial charge in [-0.25, -0.2) is 9.97 Å². The molecule has 6 aromatic carbocycles. The molecule has 0 aliphatic rings. The summed E-state index contributed by atoms with van der Waals surface area (Å²) >= 11 is 0. The molecule has 0 bridgehead atoms. The van der Waals surface area contributed by atoms with Crippen LogP contribution in [0.5, 0.6) is 0 Å². The first-order valence-electron chi connectivity index (χ1n) is 14.2. The third kappa shape index (κ3) is 3.50. The summed E-state index contributed by atoms with van der Waals surface area (Å²) < 4.78 is 0. The number of rotatable bonds is 3. The highest BCUT2D eigenvalue weighted by atomic mass is 14.8. The predicted octanol–water partition coefficient (Wildman–Crippen LogP) is 10.1. The van der Waals surface area contributed by atoms with Crippen LogP contribution in [0.15, 0.2) is 140 Å².